The summed E-state index contributed by atoms with van der Waals surface area (Å²) in [7, 11) is 0. The fraction of sp³-hybridized carbons (Fsp3) is 0. The van der Waals surface area contributed by atoms with Crippen LogP contribution in [0.15, 0.2) is 65.6 Å². The Kier molecular flexibility index (Phi) is 4.05. The summed E-state index contributed by atoms with van der Waals surface area (Å²) in [5.74, 6) is 0.202. The smallest absolute Gasteiger partial charge is 0.258 e. The summed E-state index contributed by atoms with van der Waals surface area (Å²) in [6.45, 7) is 0. The van der Waals surface area contributed by atoms with Gasteiger partial charge in [-0.15, -0.1) is 0 Å². The van der Waals surface area contributed by atoms with Crippen molar-refractivity contribution in [2.24, 2.45) is 0 Å². The SMILES string of the molecule is O=C1C=CC(=O)N1c1ccc(Oc2ccc(S(=O)[O-])cc2)cc1. The summed E-state index contributed by atoms with van der Waals surface area (Å²) in [5, 5.41) is 0. The third-order valence-corrected chi connectivity index (χ3v) is 3.81. The van der Waals surface area contributed by atoms with E-state index in [1.807, 2.05) is 0 Å². The van der Waals surface area contributed by atoms with Gasteiger partial charge in [-0.1, -0.05) is 0 Å². The molecule has 3 rings (SSSR count). The van der Waals surface area contributed by atoms with Crippen LogP contribution in [0, 0.1) is 0 Å². The summed E-state index contributed by atoms with van der Waals surface area (Å²) >= 11 is -2.28. The van der Waals surface area contributed by atoms with Crippen molar-refractivity contribution >= 4 is 28.6 Å². The number of anilines is 1. The van der Waals surface area contributed by atoms with Crippen molar-refractivity contribution < 1.29 is 23.1 Å². The van der Waals surface area contributed by atoms with Crippen LogP contribution in [0.3, 0.4) is 0 Å². The van der Waals surface area contributed by atoms with Crippen molar-refractivity contribution in [3.8, 4) is 11.5 Å². The van der Waals surface area contributed by atoms with Crippen LogP contribution in [-0.2, 0) is 20.7 Å². The third kappa shape index (κ3) is 3.20. The molecule has 1 unspecified atom stereocenters. The minimum atomic E-state index is -2.28. The molecular formula is C16H10NO5S-. The molecule has 116 valence electrons. The van der Waals surface area contributed by atoms with Gasteiger partial charge in [0.1, 0.15) is 11.5 Å². The van der Waals surface area contributed by atoms with Crippen molar-refractivity contribution in [3.05, 3.63) is 60.7 Å². The van der Waals surface area contributed by atoms with E-state index < -0.39 is 11.1 Å². The van der Waals surface area contributed by atoms with Crippen LogP contribution in [-0.4, -0.2) is 20.6 Å². The van der Waals surface area contributed by atoms with Gasteiger partial charge < -0.3 is 9.29 Å². The zero-order chi connectivity index (χ0) is 16.4. The Morgan fingerprint density at radius 1 is 0.826 bits per heavy atom. The maximum Gasteiger partial charge on any atom is 0.258 e. The summed E-state index contributed by atoms with van der Waals surface area (Å²) in [4.78, 5) is 24.4. The van der Waals surface area contributed by atoms with Gasteiger partial charge in [0.05, 0.1) is 5.69 Å². The number of ether oxygens (including phenoxy) is 1. The highest BCUT2D eigenvalue weighted by Crippen LogP contribution is 2.26. The minimum absolute atomic E-state index is 0.172. The van der Waals surface area contributed by atoms with E-state index in [2.05, 4.69) is 0 Å². The molecular weight excluding hydrogens is 318 g/mol. The van der Waals surface area contributed by atoms with Gasteiger partial charge in [0, 0.05) is 17.0 Å². The Morgan fingerprint density at radius 3 is 1.78 bits per heavy atom. The van der Waals surface area contributed by atoms with Crippen molar-refractivity contribution in [2.45, 2.75) is 4.90 Å². The second-order valence-corrected chi connectivity index (χ2v) is 5.59. The first-order valence-electron chi connectivity index (χ1n) is 6.58. The number of hydrogen-bond donors (Lipinski definition) is 0. The maximum absolute atomic E-state index is 11.6. The van der Waals surface area contributed by atoms with Gasteiger partial charge in [-0.3, -0.25) is 13.8 Å². The van der Waals surface area contributed by atoms with E-state index in [4.69, 9.17) is 4.74 Å². The van der Waals surface area contributed by atoms with Gasteiger partial charge in [-0.2, -0.15) is 0 Å². The molecule has 23 heavy (non-hydrogen) atoms. The molecule has 7 heteroatoms. The molecule has 2 aromatic rings. The van der Waals surface area contributed by atoms with E-state index in [9.17, 15) is 18.4 Å². The maximum atomic E-state index is 11.6. The van der Waals surface area contributed by atoms with Crippen LogP contribution in [0.4, 0.5) is 5.69 Å². The van der Waals surface area contributed by atoms with E-state index >= 15 is 0 Å². The first-order valence-corrected chi connectivity index (χ1v) is 7.65. The average molecular weight is 328 g/mol. The minimum Gasteiger partial charge on any atom is -0.768 e. The molecule has 0 aliphatic carbocycles. The molecule has 0 bridgehead atoms. The third-order valence-electron chi connectivity index (χ3n) is 3.16. The topological polar surface area (TPSA) is 86.7 Å². The normalized spacial score (nSPS) is 15.1. The van der Waals surface area contributed by atoms with E-state index in [-0.39, 0.29) is 16.7 Å². The standard InChI is InChI=1S/C16H11NO5S/c18-15-9-10-16(19)17(15)11-1-3-12(4-2-11)22-13-5-7-14(8-6-13)23(20)21/h1-10H,(H,20,21)/p-1. The molecule has 2 amide bonds. The molecule has 0 N–H and O–H groups in total. The number of carbonyl (C=O) groups excluding carboxylic acids is 2. The monoisotopic (exact) mass is 328 g/mol. The van der Waals surface area contributed by atoms with Crippen LogP contribution in [0.2, 0.25) is 0 Å². The summed E-state index contributed by atoms with van der Waals surface area (Å²) in [6.07, 6.45) is 2.43. The summed E-state index contributed by atoms with van der Waals surface area (Å²) in [5.41, 5.74) is 0.453. The van der Waals surface area contributed by atoms with Crippen molar-refractivity contribution in [1.82, 2.24) is 0 Å². The second kappa shape index (κ2) is 6.15. The molecule has 6 nitrogen and oxygen atoms in total. The lowest BCUT2D eigenvalue weighted by Gasteiger charge is -2.14. The van der Waals surface area contributed by atoms with Crippen LogP contribution in [0.25, 0.3) is 0 Å². The van der Waals surface area contributed by atoms with E-state index in [0.29, 0.717) is 17.2 Å². The largest absolute Gasteiger partial charge is 0.768 e. The summed E-state index contributed by atoms with van der Waals surface area (Å²) < 4.78 is 27.1. The van der Waals surface area contributed by atoms with E-state index in [0.717, 1.165) is 4.90 Å². The first kappa shape index (κ1) is 15.1. The number of hydrogen-bond acceptors (Lipinski definition) is 5. The average Bonchev–Trinajstić information content (AvgIpc) is 2.88. The Labute approximate surface area is 134 Å². The van der Waals surface area contributed by atoms with Crippen molar-refractivity contribution in [2.75, 3.05) is 4.90 Å². The molecule has 2 aromatic carbocycles. The lowest BCUT2D eigenvalue weighted by molar-refractivity contribution is -0.119. The van der Waals surface area contributed by atoms with Crippen LogP contribution in [0.5, 0.6) is 11.5 Å². The number of imide groups is 1. The van der Waals surface area contributed by atoms with E-state index in [1.54, 1.807) is 24.3 Å². The number of benzene rings is 2. The van der Waals surface area contributed by atoms with Crippen LogP contribution in [0.1, 0.15) is 0 Å². The lowest BCUT2D eigenvalue weighted by atomic mass is 10.2. The second-order valence-electron chi connectivity index (χ2n) is 4.65. The molecule has 1 heterocycles. The van der Waals surface area contributed by atoms with Crippen LogP contribution >= 0.6 is 0 Å². The molecule has 0 saturated carbocycles. The van der Waals surface area contributed by atoms with Gasteiger partial charge in [-0.25, -0.2) is 4.90 Å². The fourth-order valence-electron chi connectivity index (χ4n) is 2.07. The highest BCUT2D eigenvalue weighted by molar-refractivity contribution is 7.79. The zero-order valence-electron chi connectivity index (χ0n) is 11.7. The molecule has 0 fully saturated rings. The molecule has 1 atom stereocenters. The molecule has 1 aliphatic rings. The van der Waals surface area contributed by atoms with Gasteiger partial charge >= 0.3 is 0 Å². The number of rotatable bonds is 4. The fourth-order valence-corrected chi connectivity index (χ4v) is 2.43. The van der Waals surface area contributed by atoms with Gasteiger partial charge in [0.15, 0.2) is 0 Å². The Balaban J connectivity index is 1.74. The summed E-state index contributed by atoms with van der Waals surface area (Å²) in [6, 6.07) is 12.4. The Morgan fingerprint density at radius 2 is 1.30 bits per heavy atom. The lowest BCUT2D eigenvalue weighted by Crippen LogP contribution is -2.29. The predicted molar refractivity (Wildman–Crippen MR) is 81.8 cm³/mol. The first-order chi connectivity index (χ1) is 11.0. The van der Waals surface area contributed by atoms with Crippen molar-refractivity contribution in [3.63, 3.8) is 0 Å². The molecule has 0 aromatic heterocycles. The zero-order valence-corrected chi connectivity index (χ0v) is 12.5. The van der Waals surface area contributed by atoms with Crippen molar-refractivity contribution in [1.29, 1.82) is 0 Å². The molecule has 0 saturated heterocycles. The van der Waals surface area contributed by atoms with Crippen LogP contribution < -0.4 is 9.64 Å². The molecule has 0 spiro atoms. The predicted octanol–water partition coefficient (Wildman–Crippen LogP) is 2.15. The number of carbonyl (C=O) groups is 2. The Hall–Kier alpha value is -2.77. The molecule has 1 aliphatic heterocycles. The molecule has 0 radical (unpaired) electrons. The van der Waals surface area contributed by atoms with Gasteiger partial charge in [-0.05, 0) is 59.6 Å². The highest BCUT2D eigenvalue weighted by atomic mass is 32.2. The Bertz CT molecular complexity index is 793. The van der Waals surface area contributed by atoms with E-state index in [1.165, 1.54) is 36.4 Å². The quantitative estimate of drug-likeness (QED) is 0.634. The number of nitrogens with zero attached hydrogens (tertiary/aromatic N) is 1. The van der Waals surface area contributed by atoms with Gasteiger partial charge in [0.25, 0.3) is 11.8 Å². The van der Waals surface area contributed by atoms with Gasteiger partial charge in [0.2, 0.25) is 0 Å². The number of amides is 2. The highest BCUT2D eigenvalue weighted by Gasteiger charge is 2.24.